The van der Waals surface area contributed by atoms with Crippen LogP contribution < -0.4 is 0 Å². The molecule has 0 saturated carbocycles. The molecule has 2 aromatic carbocycles. The Hall–Kier alpha value is -1.80. The summed E-state index contributed by atoms with van der Waals surface area (Å²) in [4.78, 5) is 11.6. The number of halogens is 1. The van der Waals surface area contributed by atoms with Crippen LogP contribution in [-0.2, 0) is 4.79 Å². The van der Waals surface area contributed by atoms with E-state index in [0.717, 1.165) is 5.56 Å². The highest BCUT2D eigenvalue weighted by Crippen LogP contribution is 2.36. The monoisotopic (exact) mass is 274 g/mol. The molecule has 19 heavy (non-hydrogen) atoms. The molecule has 2 rings (SSSR count). The number of aliphatic carboxylic acids is 1. The van der Waals surface area contributed by atoms with E-state index >= 15 is 0 Å². The third kappa shape index (κ3) is 2.96. The summed E-state index contributed by atoms with van der Waals surface area (Å²) in [6, 6.07) is 16.8. The molecule has 0 saturated heterocycles. The van der Waals surface area contributed by atoms with Gasteiger partial charge in [-0.15, -0.1) is 0 Å². The number of benzene rings is 2. The quantitative estimate of drug-likeness (QED) is 0.902. The molecule has 3 heteroatoms. The Kier molecular flexibility index (Phi) is 4.23. The minimum absolute atomic E-state index is 0.140. The van der Waals surface area contributed by atoms with Gasteiger partial charge in [-0.05, 0) is 23.1 Å². The normalized spacial score (nSPS) is 13.8. The van der Waals surface area contributed by atoms with Crippen molar-refractivity contribution in [3.63, 3.8) is 0 Å². The van der Waals surface area contributed by atoms with Crippen LogP contribution in [0.1, 0.15) is 29.9 Å². The lowest BCUT2D eigenvalue weighted by molar-refractivity contribution is -0.139. The zero-order valence-electron chi connectivity index (χ0n) is 10.6. The van der Waals surface area contributed by atoms with Crippen molar-refractivity contribution in [3.05, 3.63) is 70.7 Å². The van der Waals surface area contributed by atoms with Gasteiger partial charge >= 0.3 is 5.97 Å². The molecule has 0 spiro atoms. The summed E-state index contributed by atoms with van der Waals surface area (Å²) >= 11 is 6.13. The topological polar surface area (TPSA) is 37.3 Å². The fourth-order valence-electron chi connectivity index (χ4n) is 2.29. The molecule has 2 aromatic rings. The van der Waals surface area contributed by atoms with E-state index in [1.54, 1.807) is 18.2 Å². The van der Waals surface area contributed by atoms with Crippen molar-refractivity contribution in [2.75, 3.05) is 0 Å². The van der Waals surface area contributed by atoms with Crippen LogP contribution in [0.4, 0.5) is 0 Å². The van der Waals surface area contributed by atoms with Gasteiger partial charge in [0.25, 0.3) is 0 Å². The average Bonchev–Trinajstić information content (AvgIpc) is 2.42. The highest BCUT2D eigenvalue weighted by Gasteiger charge is 2.29. The minimum atomic E-state index is -0.857. The Morgan fingerprint density at radius 1 is 1.05 bits per heavy atom. The first-order valence-electron chi connectivity index (χ1n) is 6.13. The van der Waals surface area contributed by atoms with Crippen LogP contribution in [-0.4, -0.2) is 11.1 Å². The molecule has 0 aliphatic carbocycles. The minimum Gasteiger partial charge on any atom is -0.481 e. The summed E-state index contributed by atoms with van der Waals surface area (Å²) in [5.74, 6) is -1.64. The van der Waals surface area contributed by atoms with Crippen LogP contribution in [0.25, 0.3) is 0 Å². The van der Waals surface area contributed by atoms with E-state index in [-0.39, 0.29) is 5.92 Å². The number of carboxylic acids is 1. The molecule has 0 fully saturated rings. The van der Waals surface area contributed by atoms with Crippen molar-refractivity contribution in [2.45, 2.75) is 18.8 Å². The smallest absolute Gasteiger partial charge is 0.311 e. The summed E-state index contributed by atoms with van der Waals surface area (Å²) in [5.41, 5.74) is 1.66. The van der Waals surface area contributed by atoms with E-state index in [1.165, 1.54) is 0 Å². The summed E-state index contributed by atoms with van der Waals surface area (Å²) < 4.78 is 0. The van der Waals surface area contributed by atoms with E-state index in [0.29, 0.717) is 10.6 Å². The Balaban J connectivity index is 2.42. The van der Waals surface area contributed by atoms with Crippen LogP contribution in [0.15, 0.2) is 54.6 Å². The highest BCUT2D eigenvalue weighted by molar-refractivity contribution is 6.31. The molecule has 0 aliphatic rings. The molecule has 0 radical (unpaired) electrons. The van der Waals surface area contributed by atoms with Crippen LogP contribution in [0, 0.1) is 0 Å². The van der Waals surface area contributed by atoms with E-state index in [1.807, 2.05) is 43.3 Å². The van der Waals surface area contributed by atoms with Crippen LogP contribution in [0.3, 0.4) is 0 Å². The largest absolute Gasteiger partial charge is 0.481 e. The fourth-order valence-corrected chi connectivity index (χ4v) is 2.55. The molecule has 2 nitrogen and oxygen atoms in total. The molecule has 98 valence electrons. The van der Waals surface area contributed by atoms with Crippen molar-refractivity contribution < 1.29 is 9.90 Å². The average molecular weight is 275 g/mol. The van der Waals surface area contributed by atoms with Gasteiger partial charge in [0.2, 0.25) is 0 Å². The van der Waals surface area contributed by atoms with Crippen LogP contribution in [0.2, 0.25) is 5.02 Å². The van der Waals surface area contributed by atoms with Gasteiger partial charge in [0.1, 0.15) is 0 Å². The first-order valence-corrected chi connectivity index (χ1v) is 6.51. The van der Waals surface area contributed by atoms with Crippen molar-refractivity contribution in [3.8, 4) is 0 Å². The van der Waals surface area contributed by atoms with E-state index < -0.39 is 11.9 Å². The summed E-state index contributed by atoms with van der Waals surface area (Å²) in [6.07, 6.45) is 0. The Labute approximate surface area is 117 Å². The van der Waals surface area contributed by atoms with Gasteiger partial charge in [0.15, 0.2) is 0 Å². The maximum atomic E-state index is 11.6. The standard InChI is InChI=1S/C16H15ClO2/c1-11(12-7-3-2-4-8-12)15(16(18)19)13-9-5-6-10-14(13)17/h2-11,15H,1H3,(H,18,19). The first kappa shape index (κ1) is 13.6. The van der Waals surface area contributed by atoms with Crippen LogP contribution >= 0.6 is 11.6 Å². The lowest BCUT2D eigenvalue weighted by Crippen LogP contribution is -2.18. The van der Waals surface area contributed by atoms with E-state index in [4.69, 9.17) is 11.6 Å². The molecule has 2 unspecified atom stereocenters. The predicted molar refractivity (Wildman–Crippen MR) is 76.7 cm³/mol. The van der Waals surface area contributed by atoms with Gasteiger partial charge in [-0.3, -0.25) is 4.79 Å². The zero-order chi connectivity index (χ0) is 13.8. The second kappa shape index (κ2) is 5.89. The maximum absolute atomic E-state index is 11.6. The van der Waals surface area contributed by atoms with E-state index in [9.17, 15) is 9.90 Å². The molecule has 2 atom stereocenters. The van der Waals surface area contributed by atoms with Crippen molar-refractivity contribution in [2.24, 2.45) is 0 Å². The third-order valence-electron chi connectivity index (χ3n) is 3.33. The first-order chi connectivity index (χ1) is 9.11. The molecular formula is C16H15ClO2. The van der Waals surface area contributed by atoms with Gasteiger partial charge in [-0.2, -0.15) is 0 Å². The number of carbonyl (C=O) groups is 1. The van der Waals surface area contributed by atoms with Crippen LogP contribution in [0.5, 0.6) is 0 Å². The fraction of sp³-hybridized carbons (Fsp3) is 0.188. The zero-order valence-corrected chi connectivity index (χ0v) is 11.3. The van der Waals surface area contributed by atoms with Crippen molar-refractivity contribution in [1.29, 1.82) is 0 Å². The second-order valence-corrected chi connectivity index (χ2v) is 4.94. The molecule has 1 N–H and O–H groups in total. The predicted octanol–water partition coefficient (Wildman–Crippen LogP) is 4.31. The number of hydrogen-bond acceptors (Lipinski definition) is 1. The third-order valence-corrected chi connectivity index (χ3v) is 3.68. The lowest BCUT2D eigenvalue weighted by atomic mass is 9.83. The number of rotatable bonds is 4. The highest BCUT2D eigenvalue weighted by atomic mass is 35.5. The SMILES string of the molecule is CC(c1ccccc1)C(C(=O)O)c1ccccc1Cl. The summed E-state index contributed by atoms with van der Waals surface area (Å²) in [5, 5.41) is 10.0. The Morgan fingerprint density at radius 2 is 1.63 bits per heavy atom. The number of carboxylic acid groups (broad SMARTS) is 1. The molecule has 0 aliphatic heterocycles. The van der Waals surface area contributed by atoms with Crippen molar-refractivity contribution >= 4 is 17.6 Å². The molecule has 0 bridgehead atoms. The van der Waals surface area contributed by atoms with Gasteiger partial charge in [-0.25, -0.2) is 0 Å². The molecule has 0 heterocycles. The van der Waals surface area contributed by atoms with Gasteiger partial charge in [0, 0.05) is 5.02 Å². The van der Waals surface area contributed by atoms with Crippen molar-refractivity contribution in [1.82, 2.24) is 0 Å². The molecule has 0 aromatic heterocycles. The Bertz CT molecular complexity index is 566. The second-order valence-electron chi connectivity index (χ2n) is 4.54. The van der Waals surface area contributed by atoms with E-state index in [2.05, 4.69) is 0 Å². The van der Waals surface area contributed by atoms with Gasteiger partial charge < -0.3 is 5.11 Å². The maximum Gasteiger partial charge on any atom is 0.311 e. The Morgan fingerprint density at radius 3 is 2.21 bits per heavy atom. The molecule has 0 amide bonds. The van der Waals surface area contributed by atoms with Gasteiger partial charge in [-0.1, -0.05) is 67.1 Å². The number of hydrogen-bond donors (Lipinski definition) is 1. The summed E-state index contributed by atoms with van der Waals surface area (Å²) in [6.45, 7) is 1.91. The lowest BCUT2D eigenvalue weighted by Gasteiger charge is -2.22. The molecular weight excluding hydrogens is 260 g/mol. The summed E-state index contributed by atoms with van der Waals surface area (Å²) in [7, 11) is 0. The van der Waals surface area contributed by atoms with Gasteiger partial charge in [0.05, 0.1) is 5.92 Å².